The fraction of sp³-hybridized carbons (Fsp3) is 0.167. The van der Waals surface area contributed by atoms with Crippen molar-refractivity contribution in [2.24, 2.45) is 5.92 Å². The lowest BCUT2D eigenvalue weighted by Crippen LogP contribution is -2.39. The standard InChI is InChI=1S/C18H13FN2O2/c1-23-17(22)15-16(21)14-12(8-5-9-13(14)19)18(15,10-20)11-6-3-2-4-7-11/h2-9,15,21H,1H3/t15-,18+/m0/s1. The molecule has 0 aromatic heterocycles. The van der Waals surface area contributed by atoms with Crippen molar-refractivity contribution in [1.82, 2.24) is 0 Å². The number of benzene rings is 2. The highest BCUT2D eigenvalue weighted by Crippen LogP contribution is 2.48. The Balaban J connectivity index is 2.40. The number of methoxy groups -OCH3 is 1. The summed E-state index contributed by atoms with van der Waals surface area (Å²) in [6.45, 7) is 0. The molecule has 2 aromatic carbocycles. The van der Waals surface area contributed by atoms with Crippen LogP contribution in [-0.4, -0.2) is 18.8 Å². The van der Waals surface area contributed by atoms with Gasteiger partial charge in [0.2, 0.25) is 0 Å². The fourth-order valence-electron chi connectivity index (χ4n) is 3.27. The molecule has 2 atom stereocenters. The molecule has 0 fully saturated rings. The molecule has 1 aliphatic carbocycles. The highest BCUT2D eigenvalue weighted by Gasteiger charge is 2.57. The SMILES string of the molecule is COC(=O)[C@@H]1C(=N)c2c(F)cccc2[C@@]1(C#N)c1ccccc1. The molecule has 0 saturated carbocycles. The smallest absolute Gasteiger partial charge is 0.317 e. The Labute approximate surface area is 132 Å². The van der Waals surface area contributed by atoms with E-state index in [1.807, 2.05) is 0 Å². The minimum atomic E-state index is -1.47. The van der Waals surface area contributed by atoms with Gasteiger partial charge in [-0.15, -0.1) is 0 Å². The molecule has 0 bridgehead atoms. The zero-order chi connectivity index (χ0) is 16.6. The molecule has 1 N–H and O–H groups in total. The Kier molecular flexibility index (Phi) is 3.45. The lowest BCUT2D eigenvalue weighted by atomic mass is 9.70. The van der Waals surface area contributed by atoms with Crippen LogP contribution in [0, 0.1) is 28.5 Å². The monoisotopic (exact) mass is 308 g/mol. The minimum absolute atomic E-state index is 0.00769. The molecule has 0 aliphatic heterocycles. The molecule has 0 radical (unpaired) electrons. The van der Waals surface area contributed by atoms with Crippen LogP contribution < -0.4 is 0 Å². The predicted octanol–water partition coefficient (Wildman–Crippen LogP) is 2.81. The second-order valence-electron chi connectivity index (χ2n) is 5.32. The number of carbonyl (C=O) groups excluding carboxylic acids is 1. The first-order valence-electron chi connectivity index (χ1n) is 7.00. The first-order chi connectivity index (χ1) is 11.1. The van der Waals surface area contributed by atoms with Crippen LogP contribution in [0.5, 0.6) is 0 Å². The molecule has 2 aromatic rings. The molecule has 23 heavy (non-hydrogen) atoms. The third-order valence-electron chi connectivity index (χ3n) is 4.27. The Morgan fingerprint density at radius 3 is 2.57 bits per heavy atom. The lowest BCUT2D eigenvalue weighted by molar-refractivity contribution is -0.143. The Morgan fingerprint density at radius 1 is 1.26 bits per heavy atom. The van der Waals surface area contributed by atoms with Crippen LogP contribution in [0.1, 0.15) is 16.7 Å². The van der Waals surface area contributed by atoms with E-state index in [0.29, 0.717) is 11.1 Å². The minimum Gasteiger partial charge on any atom is -0.468 e. The zero-order valence-corrected chi connectivity index (χ0v) is 12.3. The van der Waals surface area contributed by atoms with Gasteiger partial charge in [0, 0.05) is 5.56 Å². The van der Waals surface area contributed by atoms with E-state index < -0.39 is 23.1 Å². The van der Waals surface area contributed by atoms with Gasteiger partial charge >= 0.3 is 5.97 Å². The van der Waals surface area contributed by atoms with E-state index in [9.17, 15) is 14.4 Å². The maximum atomic E-state index is 14.3. The fourth-order valence-corrected chi connectivity index (χ4v) is 3.27. The second kappa shape index (κ2) is 5.33. The predicted molar refractivity (Wildman–Crippen MR) is 81.6 cm³/mol. The van der Waals surface area contributed by atoms with E-state index in [-0.39, 0.29) is 11.3 Å². The van der Waals surface area contributed by atoms with E-state index in [2.05, 4.69) is 6.07 Å². The van der Waals surface area contributed by atoms with E-state index in [1.54, 1.807) is 36.4 Å². The molecule has 0 amide bonds. The van der Waals surface area contributed by atoms with Gasteiger partial charge in [0.05, 0.1) is 18.9 Å². The average Bonchev–Trinajstić information content (AvgIpc) is 2.85. The Bertz CT molecular complexity index is 842. The van der Waals surface area contributed by atoms with Gasteiger partial charge in [0.1, 0.15) is 17.2 Å². The first kappa shape index (κ1) is 14.9. The first-order valence-corrected chi connectivity index (χ1v) is 7.00. The molecule has 0 spiro atoms. The molecule has 3 rings (SSSR count). The number of fused-ring (bicyclic) bond motifs is 1. The largest absolute Gasteiger partial charge is 0.468 e. The molecule has 0 saturated heterocycles. The third kappa shape index (κ3) is 1.88. The summed E-state index contributed by atoms with van der Waals surface area (Å²) in [5.74, 6) is -2.54. The number of hydrogen-bond donors (Lipinski definition) is 1. The zero-order valence-electron chi connectivity index (χ0n) is 12.3. The van der Waals surface area contributed by atoms with E-state index in [4.69, 9.17) is 10.1 Å². The van der Waals surface area contributed by atoms with Gasteiger partial charge in [-0.3, -0.25) is 4.79 Å². The van der Waals surface area contributed by atoms with E-state index >= 15 is 0 Å². The van der Waals surface area contributed by atoms with Crippen LogP contribution in [0.3, 0.4) is 0 Å². The number of ether oxygens (including phenoxy) is 1. The van der Waals surface area contributed by atoms with Gasteiger partial charge in [0.25, 0.3) is 0 Å². The molecule has 0 heterocycles. The number of rotatable bonds is 2. The molecular weight excluding hydrogens is 295 g/mol. The summed E-state index contributed by atoms with van der Waals surface area (Å²) in [5, 5.41) is 18.2. The number of nitriles is 1. The third-order valence-corrected chi connectivity index (χ3v) is 4.27. The van der Waals surface area contributed by atoms with Crippen LogP contribution in [0.2, 0.25) is 0 Å². The van der Waals surface area contributed by atoms with Crippen LogP contribution in [0.15, 0.2) is 48.5 Å². The average molecular weight is 308 g/mol. The maximum Gasteiger partial charge on any atom is 0.317 e. The van der Waals surface area contributed by atoms with Crippen LogP contribution in [-0.2, 0) is 14.9 Å². The van der Waals surface area contributed by atoms with Crippen LogP contribution in [0.4, 0.5) is 4.39 Å². The van der Waals surface area contributed by atoms with Crippen molar-refractivity contribution in [1.29, 1.82) is 10.7 Å². The van der Waals surface area contributed by atoms with E-state index in [1.165, 1.54) is 19.2 Å². The van der Waals surface area contributed by atoms with Crippen molar-refractivity contribution < 1.29 is 13.9 Å². The molecule has 5 heteroatoms. The van der Waals surface area contributed by atoms with Gasteiger partial charge in [0.15, 0.2) is 0 Å². The van der Waals surface area contributed by atoms with Crippen molar-refractivity contribution in [3.8, 4) is 6.07 Å². The molecule has 4 nitrogen and oxygen atoms in total. The normalized spacial score (nSPS) is 22.3. The molecule has 114 valence electrons. The highest BCUT2D eigenvalue weighted by atomic mass is 19.1. The van der Waals surface area contributed by atoms with E-state index in [0.717, 1.165) is 0 Å². The summed E-state index contributed by atoms with van der Waals surface area (Å²) in [5.41, 5.74) is -0.828. The van der Waals surface area contributed by atoms with Gasteiger partial charge in [-0.05, 0) is 17.2 Å². The van der Waals surface area contributed by atoms with Crippen molar-refractivity contribution in [3.05, 3.63) is 71.0 Å². The molecule has 1 aliphatic rings. The second-order valence-corrected chi connectivity index (χ2v) is 5.32. The lowest BCUT2D eigenvalue weighted by Gasteiger charge is -2.28. The summed E-state index contributed by atoms with van der Waals surface area (Å²) < 4.78 is 19.1. The van der Waals surface area contributed by atoms with Gasteiger partial charge in [-0.2, -0.15) is 5.26 Å². The summed E-state index contributed by atoms with van der Waals surface area (Å²) in [6, 6.07) is 15.1. The number of carbonyl (C=O) groups is 1. The van der Waals surface area contributed by atoms with Gasteiger partial charge in [-0.1, -0.05) is 42.5 Å². The van der Waals surface area contributed by atoms with Crippen LogP contribution in [0.25, 0.3) is 0 Å². The summed E-state index contributed by atoms with van der Waals surface area (Å²) >= 11 is 0. The maximum absolute atomic E-state index is 14.3. The van der Waals surface area contributed by atoms with Crippen LogP contribution >= 0.6 is 0 Å². The quantitative estimate of drug-likeness (QED) is 0.867. The summed E-state index contributed by atoms with van der Waals surface area (Å²) in [7, 11) is 1.20. The number of esters is 1. The van der Waals surface area contributed by atoms with Crippen molar-refractivity contribution in [2.45, 2.75) is 5.41 Å². The number of nitrogens with zero attached hydrogens (tertiary/aromatic N) is 1. The summed E-state index contributed by atoms with van der Waals surface area (Å²) in [6.07, 6.45) is 0. The van der Waals surface area contributed by atoms with Gasteiger partial charge < -0.3 is 10.1 Å². The number of nitrogens with one attached hydrogen (secondary N) is 1. The summed E-state index contributed by atoms with van der Waals surface area (Å²) in [4.78, 5) is 12.3. The number of hydrogen-bond acceptors (Lipinski definition) is 4. The topological polar surface area (TPSA) is 73.9 Å². The number of halogens is 1. The Hall–Kier alpha value is -3.00. The van der Waals surface area contributed by atoms with Gasteiger partial charge in [-0.25, -0.2) is 4.39 Å². The highest BCUT2D eigenvalue weighted by molar-refractivity contribution is 6.17. The van der Waals surface area contributed by atoms with Crippen molar-refractivity contribution in [2.75, 3.05) is 7.11 Å². The molecular formula is C18H13FN2O2. The molecule has 0 unspecified atom stereocenters. The Morgan fingerprint density at radius 2 is 1.96 bits per heavy atom. The van der Waals surface area contributed by atoms with Crippen molar-refractivity contribution >= 4 is 11.7 Å². The van der Waals surface area contributed by atoms with Crippen molar-refractivity contribution in [3.63, 3.8) is 0 Å².